The van der Waals surface area contributed by atoms with Gasteiger partial charge in [-0.15, -0.1) is 0 Å². The van der Waals surface area contributed by atoms with Crippen LogP contribution in [0, 0.1) is 0 Å². The van der Waals surface area contributed by atoms with Crippen LogP contribution in [0.1, 0.15) is 0 Å². The second-order valence-electron chi connectivity index (χ2n) is 5.73. The van der Waals surface area contributed by atoms with Crippen LogP contribution < -0.4 is 5.56 Å². The number of hydrogen-bond donors (Lipinski definition) is 1. The molecule has 0 unspecified atom stereocenters. The standard InChI is InChI=1S/C20H16N4O/c1-24-20(15-10-6-3-7-11-15)18(16-12-13-17(25)22-21-16)19(23-24)14-8-4-2-5-9-14/h2-13H,1H3,(H,22,25). The van der Waals surface area contributed by atoms with Gasteiger partial charge >= 0.3 is 0 Å². The molecule has 0 aliphatic heterocycles. The molecule has 4 aromatic rings. The molecule has 0 bridgehead atoms. The van der Waals surface area contributed by atoms with E-state index in [2.05, 4.69) is 10.2 Å². The van der Waals surface area contributed by atoms with E-state index in [4.69, 9.17) is 5.10 Å². The predicted molar refractivity (Wildman–Crippen MR) is 97.9 cm³/mol. The third-order valence-corrected chi connectivity index (χ3v) is 4.08. The quantitative estimate of drug-likeness (QED) is 0.626. The summed E-state index contributed by atoms with van der Waals surface area (Å²) in [5.41, 5.74) is 5.20. The van der Waals surface area contributed by atoms with Crippen LogP contribution in [0.3, 0.4) is 0 Å². The van der Waals surface area contributed by atoms with E-state index < -0.39 is 0 Å². The molecule has 1 N–H and O–H groups in total. The number of rotatable bonds is 3. The van der Waals surface area contributed by atoms with Gasteiger partial charge in [0.15, 0.2) is 0 Å². The SMILES string of the molecule is Cn1nc(-c2ccccc2)c(-c2ccc(=O)[nH]n2)c1-c1ccccc1. The Labute approximate surface area is 144 Å². The largest absolute Gasteiger partial charge is 0.268 e. The van der Waals surface area contributed by atoms with Gasteiger partial charge in [-0.05, 0) is 6.07 Å². The Bertz CT molecular complexity index is 1050. The summed E-state index contributed by atoms with van der Waals surface area (Å²) in [6.45, 7) is 0. The Hall–Kier alpha value is -3.47. The van der Waals surface area contributed by atoms with Crippen LogP contribution in [0.4, 0.5) is 0 Å². The van der Waals surface area contributed by atoms with E-state index in [1.807, 2.05) is 72.4 Å². The van der Waals surface area contributed by atoms with Gasteiger partial charge in [0, 0.05) is 24.2 Å². The summed E-state index contributed by atoms with van der Waals surface area (Å²) >= 11 is 0. The number of aromatic nitrogens is 4. The van der Waals surface area contributed by atoms with Crippen molar-refractivity contribution in [3.8, 4) is 33.8 Å². The van der Waals surface area contributed by atoms with Gasteiger partial charge in [0.25, 0.3) is 5.56 Å². The van der Waals surface area contributed by atoms with Crippen LogP contribution in [0.25, 0.3) is 33.8 Å². The molecule has 4 rings (SSSR count). The predicted octanol–water partition coefficient (Wildman–Crippen LogP) is 3.50. The molecule has 5 heteroatoms. The van der Waals surface area contributed by atoms with E-state index in [9.17, 15) is 4.79 Å². The Kier molecular flexibility index (Phi) is 3.74. The average molecular weight is 328 g/mol. The van der Waals surface area contributed by atoms with Crippen molar-refractivity contribution >= 4 is 0 Å². The zero-order valence-electron chi connectivity index (χ0n) is 13.7. The molecule has 0 saturated carbocycles. The lowest BCUT2D eigenvalue weighted by atomic mass is 9.99. The van der Waals surface area contributed by atoms with Crippen LogP contribution in [-0.2, 0) is 7.05 Å². The van der Waals surface area contributed by atoms with Gasteiger partial charge < -0.3 is 0 Å². The highest BCUT2D eigenvalue weighted by atomic mass is 16.1. The molecule has 0 aliphatic rings. The van der Waals surface area contributed by atoms with Crippen LogP contribution in [0.15, 0.2) is 77.6 Å². The van der Waals surface area contributed by atoms with Crippen molar-refractivity contribution in [1.82, 2.24) is 20.0 Å². The van der Waals surface area contributed by atoms with Crippen LogP contribution in [-0.4, -0.2) is 20.0 Å². The van der Waals surface area contributed by atoms with Gasteiger partial charge in [-0.3, -0.25) is 9.48 Å². The van der Waals surface area contributed by atoms with Crippen molar-refractivity contribution < 1.29 is 0 Å². The van der Waals surface area contributed by atoms with Crippen LogP contribution in [0.5, 0.6) is 0 Å². The molecule has 2 aromatic heterocycles. The topological polar surface area (TPSA) is 63.6 Å². The molecule has 0 saturated heterocycles. The summed E-state index contributed by atoms with van der Waals surface area (Å²) in [6, 6.07) is 23.3. The number of nitrogens with zero attached hydrogens (tertiary/aromatic N) is 3. The summed E-state index contributed by atoms with van der Waals surface area (Å²) < 4.78 is 1.86. The van der Waals surface area contributed by atoms with Crippen molar-refractivity contribution in [3.63, 3.8) is 0 Å². The Morgan fingerprint density at radius 2 is 1.48 bits per heavy atom. The van der Waals surface area contributed by atoms with Gasteiger partial charge in [-0.1, -0.05) is 60.7 Å². The van der Waals surface area contributed by atoms with Crippen molar-refractivity contribution in [2.24, 2.45) is 7.05 Å². The fourth-order valence-corrected chi connectivity index (χ4v) is 2.98. The first-order chi connectivity index (χ1) is 12.2. The molecule has 25 heavy (non-hydrogen) atoms. The van der Waals surface area contributed by atoms with Crippen molar-refractivity contribution in [2.75, 3.05) is 0 Å². The maximum Gasteiger partial charge on any atom is 0.264 e. The molecule has 0 spiro atoms. The lowest BCUT2D eigenvalue weighted by molar-refractivity contribution is 0.779. The summed E-state index contributed by atoms with van der Waals surface area (Å²) in [7, 11) is 1.92. The summed E-state index contributed by atoms with van der Waals surface area (Å²) in [6.07, 6.45) is 0. The molecule has 0 aliphatic carbocycles. The smallest absolute Gasteiger partial charge is 0.264 e. The third kappa shape index (κ3) is 2.76. The number of H-pyrrole nitrogens is 1. The molecule has 2 heterocycles. The van der Waals surface area contributed by atoms with E-state index in [1.165, 1.54) is 6.07 Å². The molecule has 2 aromatic carbocycles. The molecule has 5 nitrogen and oxygen atoms in total. The molecule has 0 amide bonds. The molecule has 0 fully saturated rings. The summed E-state index contributed by atoms with van der Waals surface area (Å²) in [4.78, 5) is 11.4. The molecular weight excluding hydrogens is 312 g/mol. The zero-order chi connectivity index (χ0) is 17.2. The van der Waals surface area contributed by atoms with Gasteiger partial charge in [-0.25, -0.2) is 5.10 Å². The summed E-state index contributed by atoms with van der Waals surface area (Å²) in [5.74, 6) is 0. The number of aryl methyl sites for hydroxylation is 1. The van der Waals surface area contributed by atoms with Crippen LogP contribution in [0.2, 0.25) is 0 Å². The first kappa shape index (κ1) is 15.1. The van der Waals surface area contributed by atoms with Gasteiger partial charge in [0.05, 0.1) is 17.0 Å². The van der Waals surface area contributed by atoms with Crippen molar-refractivity contribution in [2.45, 2.75) is 0 Å². The van der Waals surface area contributed by atoms with E-state index in [0.717, 1.165) is 28.1 Å². The normalized spacial score (nSPS) is 10.8. The average Bonchev–Trinajstić information content (AvgIpc) is 3.01. The Balaban J connectivity index is 2.04. The maximum atomic E-state index is 11.4. The second kappa shape index (κ2) is 6.20. The van der Waals surface area contributed by atoms with Crippen molar-refractivity contribution in [3.05, 3.63) is 83.2 Å². The molecule has 0 atom stereocenters. The highest BCUT2D eigenvalue weighted by molar-refractivity contribution is 5.90. The van der Waals surface area contributed by atoms with Crippen molar-refractivity contribution in [1.29, 1.82) is 0 Å². The lowest BCUT2D eigenvalue weighted by Gasteiger charge is -2.07. The van der Waals surface area contributed by atoms with E-state index in [-0.39, 0.29) is 5.56 Å². The number of nitrogens with one attached hydrogen (secondary N) is 1. The highest BCUT2D eigenvalue weighted by Gasteiger charge is 2.21. The number of hydrogen-bond acceptors (Lipinski definition) is 3. The molecule has 122 valence electrons. The highest BCUT2D eigenvalue weighted by Crippen LogP contribution is 2.38. The maximum absolute atomic E-state index is 11.4. The third-order valence-electron chi connectivity index (χ3n) is 4.08. The Morgan fingerprint density at radius 3 is 2.08 bits per heavy atom. The van der Waals surface area contributed by atoms with Crippen LogP contribution >= 0.6 is 0 Å². The molecule has 0 radical (unpaired) electrons. The Morgan fingerprint density at radius 1 is 0.840 bits per heavy atom. The molecular formula is C20H16N4O. The minimum atomic E-state index is -0.227. The van der Waals surface area contributed by atoms with Gasteiger partial charge in [0.2, 0.25) is 0 Å². The monoisotopic (exact) mass is 328 g/mol. The first-order valence-electron chi connectivity index (χ1n) is 7.98. The lowest BCUT2D eigenvalue weighted by Crippen LogP contribution is -2.06. The van der Waals surface area contributed by atoms with E-state index in [0.29, 0.717) is 5.69 Å². The van der Waals surface area contributed by atoms with E-state index in [1.54, 1.807) is 6.07 Å². The zero-order valence-corrected chi connectivity index (χ0v) is 13.7. The van der Waals surface area contributed by atoms with E-state index >= 15 is 0 Å². The van der Waals surface area contributed by atoms with Gasteiger partial charge in [0.1, 0.15) is 5.69 Å². The van der Waals surface area contributed by atoms with Gasteiger partial charge in [-0.2, -0.15) is 10.2 Å². The summed E-state index contributed by atoms with van der Waals surface area (Å²) in [5, 5.41) is 11.5. The number of aromatic amines is 1. The number of benzene rings is 2. The fourth-order valence-electron chi connectivity index (χ4n) is 2.98. The minimum absolute atomic E-state index is 0.227. The second-order valence-corrected chi connectivity index (χ2v) is 5.73. The fraction of sp³-hybridized carbons (Fsp3) is 0.0500. The first-order valence-corrected chi connectivity index (χ1v) is 7.98. The minimum Gasteiger partial charge on any atom is -0.268 e.